The van der Waals surface area contributed by atoms with E-state index in [-0.39, 0.29) is 16.4 Å². The molecular weight excluding hydrogens is 334 g/mol. The molecule has 0 amide bonds. The molecule has 1 aliphatic carbocycles. The Balaban J connectivity index is 1.78. The number of pyridine rings is 1. The summed E-state index contributed by atoms with van der Waals surface area (Å²) in [5.41, 5.74) is 1.08. The van der Waals surface area contributed by atoms with Crippen molar-refractivity contribution >= 4 is 28.7 Å². The Morgan fingerprint density at radius 2 is 2.39 bits per heavy atom. The van der Waals surface area contributed by atoms with Gasteiger partial charge in [0.25, 0.3) is 0 Å². The molecule has 0 spiro atoms. The highest BCUT2D eigenvalue weighted by Gasteiger charge is 2.26. The third-order valence-corrected chi connectivity index (χ3v) is 4.82. The second-order valence-electron chi connectivity index (χ2n) is 5.52. The van der Waals surface area contributed by atoms with E-state index >= 15 is 0 Å². The zero-order valence-electron chi connectivity index (χ0n) is 12.5. The number of aromatic nitrogens is 2. The van der Waals surface area contributed by atoms with Crippen LogP contribution in [0.4, 0.5) is 0 Å². The number of aryl methyl sites for hydroxylation is 1. The Morgan fingerprint density at radius 3 is 2.96 bits per heavy atom. The smallest absolute Gasteiger partial charge is 0.232 e. The lowest BCUT2D eigenvalue weighted by Crippen LogP contribution is -2.12. The van der Waals surface area contributed by atoms with E-state index in [0.717, 1.165) is 5.69 Å². The molecule has 0 aromatic carbocycles. The molecule has 2 aromatic rings. The van der Waals surface area contributed by atoms with E-state index in [1.807, 2.05) is 18.4 Å². The average molecular weight is 348 g/mol. The molecule has 3 rings (SSSR count). The molecular formula is C16H14ClN3O2S. The van der Waals surface area contributed by atoms with Gasteiger partial charge in [-0.1, -0.05) is 11.6 Å². The lowest BCUT2D eigenvalue weighted by molar-refractivity contribution is 0.0978. The molecule has 1 atom stereocenters. The van der Waals surface area contributed by atoms with Gasteiger partial charge in [-0.2, -0.15) is 5.26 Å². The monoisotopic (exact) mass is 347 g/mol. The van der Waals surface area contributed by atoms with E-state index in [1.165, 1.54) is 36.4 Å². The van der Waals surface area contributed by atoms with Crippen LogP contribution in [0.25, 0.3) is 0 Å². The van der Waals surface area contributed by atoms with E-state index in [0.29, 0.717) is 23.4 Å². The van der Waals surface area contributed by atoms with Gasteiger partial charge in [-0.3, -0.25) is 4.79 Å². The highest BCUT2D eigenvalue weighted by atomic mass is 35.5. The fourth-order valence-corrected chi connectivity index (χ4v) is 3.10. The number of thiazole rings is 1. The summed E-state index contributed by atoms with van der Waals surface area (Å²) < 4.78 is 5.54. The summed E-state index contributed by atoms with van der Waals surface area (Å²) in [5.74, 6) is -0.381. The summed E-state index contributed by atoms with van der Waals surface area (Å²) in [6.45, 7) is 2.42. The molecule has 2 aromatic heterocycles. The maximum Gasteiger partial charge on any atom is 0.232 e. The molecule has 0 N–H and O–H groups in total. The molecule has 118 valence electrons. The van der Waals surface area contributed by atoms with E-state index < -0.39 is 5.92 Å². The standard InChI is InChI=1S/C16H14ClN3O2S/c1-9-8-23-16(20-9)12(5-18)14(21)11-4-13(17)15(19-6-11)22-7-10-2-3-10/h4,6,8,10,12H,2-3,7H2,1H3/t12-/m0/s1. The highest BCUT2D eigenvalue weighted by Crippen LogP contribution is 2.31. The van der Waals surface area contributed by atoms with Gasteiger partial charge in [-0.25, -0.2) is 9.97 Å². The molecule has 0 bridgehead atoms. The Labute approximate surface area is 142 Å². The quantitative estimate of drug-likeness (QED) is 0.743. The normalized spacial score (nSPS) is 15.0. The molecule has 23 heavy (non-hydrogen) atoms. The van der Waals surface area contributed by atoms with Crippen LogP contribution < -0.4 is 4.74 Å². The SMILES string of the molecule is Cc1csc([C@@H](C#N)C(=O)c2cnc(OCC3CC3)c(Cl)c2)n1. The minimum atomic E-state index is -0.940. The first-order valence-electron chi connectivity index (χ1n) is 7.22. The summed E-state index contributed by atoms with van der Waals surface area (Å²) in [6, 6.07) is 3.51. The maximum absolute atomic E-state index is 12.5. The van der Waals surface area contributed by atoms with E-state index in [9.17, 15) is 10.1 Å². The van der Waals surface area contributed by atoms with Gasteiger partial charge < -0.3 is 4.74 Å². The van der Waals surface area contributed by atoms with E-state index in [2.05, 4.69) is 9.97 Å². The number of halogens is 1. The Kier molecular flexibility index (Phi) is 4.60. The van der Waals surface area contributed by atoms with Crippen LogP contribution in [0.3, 0.4) is 0 Å². The van der Waals surface area contributed by atoms with Crippen LogP contribution in [0.15, 0.2) is 17.6 Å². The number of ether oxygens (including phenoxy) is 1. The van der Waals surface area contributed by atoms with Crippen molar-refractivity contribution in [2.45, 2.75) is 25.7 Å². The van der Waals surface area contributed by atoms with Crippen LogP contribution in [-0.4, -0.2) is 22.4 Å². The second kappa shape index (κ2) is 6.65. The first kappa shape index (κ1) is 15.9. The minimum absolute atomic E-state index is 0.281. The molecule has 0 unspecified atom stereocenters. The topological polar surface area (TPSA) is 75.9 Å². The van der Waals surface area contributed by atoms with Gasteiger partial charge in [0.05, 0.1) is 12.7 Å². The molecule has 7 heteroatoms. The molecule has 0 saturated heterocycles. The zero-order chi connectivity index (χ0) is 16.4. The number of carbonyl (C=O) groups is 1. The summed E-state index contributed by atoms with van der Waals surface area (Å²) >= 11 is 7.44. The Bertz CT molecular complexity index is 780. The number of Topliss-reactive ketones (excluding diaryl/α,β-unsaturated/α-hetero) is 1. The van der Waals surface area contributed by atoms with Crippen molar-refractivity contribution in [3.63, 3.8) is 0 Å². The molecule has 5 nitrogen and oxygen atoms in total. The zero-order valence-corrected chi connectivity index (χ0v) is 14.0. The summed E-state index contributed by atoms with van der Waals surface area (Å²) in [7, 11) is 0. The largest absolute Gasteiger partial charge is 0.476 e. The number of nitriles is 1. The summed E-state index contributed by atoms with van der Waals surface area (Å²) in [5, 5.41) is 11.9. The first-order valence-corrected chi connectivity index (χ1v) is 8.48. The van der Waals surface area contributed by atoms with Crippen molar-refractivity contribution in [2.24, 2.45) is 5.92 Å². The van der Waals surface area contributed by atoms with Gasteiger partial charge in [-0.05, 0) is 31.7 Å². The predicted octanol–water partition coefficient (Wildman–Crippen LogP) is 3.78. The van der Waals surface area contributed by atoms with Crippen LogP contribution in [0, 0.1) is 24.2 Å². The van der Waals surface area contributed by atoms with Gasteiger partial charge in [-0.15, -0.1) is 11.3 Å². The lowest BCUT2D eigenvalue weighted by atomic mass is 10.0. The molecule has 1 aliphatic rings. The van der Waals surface area contributed by atoms with Crippen molar-refractivity contribution < 1.29 is 9.53 Å². The van der Waals surface area contributed by atoms with Crippen molar-refractivity contribution in [2.75, 3.05) is 6.61 Å². The van der Waals surface area contributed by atoms with Gasteiger partial charge in [0, 0.05) is 22.8 Å². The van der Waals surface area contributed by atoms with Crippen molar-refractivity contribution in [1.29, 1.82) is 5.26 Å². The summed E-state index contributed by atoms with van der Waals surface area (Å²) in [6.07, 6.45) is 3.75. The fraction of sp³-hybridized carbons (Fsp3) is 0.375. The Morgan fingerprint density at radius 1 is 1.61 bits per heavy atom. The number of rotatable bonds is 6. The third-order valence-electron chi connectivity index (χ3n) is 3.52. The molecule has 2 heterocycles. The van der Waals surface area contributed by atoms with E-state index in [4.69, 9.17) is 16.3 Å². The number of hydrogen-bond donors (Lipinski definition) is 0. The maximum atomic E-state index is 12.5. The highest BCUT2D eigenvalue weighted by molar-refractivity contribution is 7.10. The number of hydrogen-bond acceptors (Lipinski definition) is 6. The van der Waals surface area contributed by atoms with Crippen molar-refractivity contribution in [3.8, 4) is 11.9 Å². The minimum Gasteiger partial charge on any atom is -0.476 e. The van der Waals surface area contributed by atoms with Crippen LogP contribution in [0.2, 0.25) is 5.02 Å². The fourth-order valence-electron chi connectivity index (χ4n) is 2.05. The number of carbonyl (C=O) groups excluding carboxylic acids is 1. The van der Waals surface area contributed by atoms with Gasteiger partial charge in [0.15, 0.2) is 11.7 Å². The van der Waals surface area contributed by atoms with E-state index in [1.54, 1.807) is 0 Å². The average Bonchev–Trinajstić information content (AvgIpc) is 3.27. The van der Waals surface area contributed by atoms with Crippen LogP contribution in [0.1, 0.15) is 39.8 Å². The first-order chi connectivity index (χ1) is 11.1. The molecule has 1 saturated carbocycles. The lowest BCUT2D eigenvalue weighted by Gasteiger charge is -2.09. The molecule has 1 fully saturated rings. The summed E-state index contributed by atoms with van der Waals surface area (Å²) in [4.78, 5) is 20.9. The predicted molar refractivity (Wildman–Crippen MR) is 87.0 cm³/mol. The number of ketones is 1. The van der Waals surface area contributed by atoms with Gasteiger partial charge >= 0.3 is 0 Å². The van der Waals surface area contributed by atoms with Gasteiger partial charge in [0.2, 0.25) is 5.88 Å². The second-order valence-corrected chi connectivity index (χ2v) is 6.82. The molecule has 0 aliphatic heterocycles. The third kappa shape index (κ3) is 3.69. The van der Waals surface area contributed by atoms with Crippen molar-refractivity contribution in [3.05, 3.63) is 38.9 Å². The van der Waals surface area contributed by atoms with Crippen LogP contribution in [-0.2, 0) is 0 Å². The van der Waals surface area contributed by atoms with Gasteiger partial charge in [0.1, 0.15) is 10.0 Å². The Hall–Kier alpha value is -1.97. The van der Waals surface area contributed by atoms with Crippen LogP contribution >= 0.6 is 22.9 Å². The van der Waals surface area contributed by atoms with Crippen molar-refractivity contribution in [1.82, 2.24) is 9.97 Å². The van der Waals surface area contributed by atoms with Crippen LogP contribution in [0.5, 0.6) is 5.88 Å². The number of nitrogens with zero attached hydrogens (tertiary/aromatic N) is 3. The molecule has 0 radical (unpaired) electrons.